The lowest BCUT2D eigenvalue weighted by Crippen LogP contribution is -2.51. The fourth-order valence-electron chi connectivity index (χ4n) is 3.48. The van der Waals surface area contributed by atoms with Crippen LogP contribution in [-0.2, 0) is 9.59 Å². The maximum absolute atomic E-state index is 12.4. The molecule has 120 valence electrons. The average molecular weight is 295 g/mol. The predicted molar refractivity (Wildman–Crippen MR) is 82.9 cm³/mol. The van der Waals surface area contributed by atoms with Gasteiger partial charge in [0, 0.05) is 26.2 Å². The molecule has 0 atom stereocenters. The number of likely N-dealkylation sites (N-methyl/N-ethyl adjacent to an activating group) is 2. The zero-order chi connectivity index (χ0) is 15.4. The van der Waals surface area contributed by atoms with Crippen molar-refractivity contribution in [2.45, 2.75) is 57.0 Å². The molecule has 2 rings (SSSR count). The summed E-state index contributed by atoms with van der Waals surface area (Å²) in [6, 6.07) is 0.457. The molecule has 1 saturated carbocycles. The Labute approximate surface area is 128 Å². The molecule has 0 bridgehead atoms. The third-order valence-electron chi connectivity index (χ3n) is 5.18. The molecule has 1 saturated heterocycles. The maximum atomic E-state index is 12.4. The lowest BCUT2D eigenvalue weighted by atomic mass is 9.94. The zero-order valence-corrected chi connectivity index (χ0v) is 13.7. The summed E-state index contributed by atoms with van der Waals surface area (Å²) >= 11 is 0. The number of amides is 2. The highest BCUT2D eigenvalue weighted by molar-refractivity contribution is 6.34. The van der Waals surface area contributed by atoms with Crippen molar-refractivity contribution < 1.29 is 9.59 Å². The van der Waals surface area contributed by atoms with Crippen LogP contribution >= 0.6 is 0 Å². The van der Waals surface area contributed by atoms with Crippen LogP contribution in [0.4, 0.5) is 0 Å². The molecule has 0 aromatic heterocycles. The van der Waals surface area contributed by atoms with Gasteiger partial charge in [-0.05, 0) is 45.8 Å². The quantitative estimate of drug-likeness (QED) is 0.722. The van der Waals surface area contributed by atoms with Gasteiger partial charge in [0.05, 0.1) is 0 Å². The van der Waals surface area contributed by atoms with Crippen LogP contribution in [0.25, 0.3) is 0 Å². The maximum Gasteiger partial charge on any atom is 0.312 e. The third kappa shape index (κ3) is 3.96. The first-order chi connectivity index (χ1) is 10.0. The van der Waals surface area contributed by atoms with Crippen molar-refractivity contribution in [3.63, 3.8) is 0 Å². The fraction of sp³-hybridized carbons (Fsp3) is 0.875. The summed E-state index contributed by atoms with van der Waals surface area (Å²) in [5.41, 5.74) is 0. The fourth-order valence-corrected chi connectivity index (χ4v) is 3.48. The van der Waals surface area contributed by atoms with Gasteiger partial charge in [-0.2, -0.15) is 0 Å². The van der Waals surface area contributed by atoms with Crippen molar-refractivity contribution in [2.75, 3.05) is 34.2 Å². The van der Waals surface area contributed by atoms with E-state index in [9.17, 15) is 9.59 Å². The number of rotatable bonds is 2. The van der Waals surface area contributed by atoms with Gasteiger partial charge in [0.15, 0.2) is 0 Å². The van der Waals surface area contributed by atoms with Crippen molar-refractivity contribution in [1.82, 2.24) is 14.7 Å². The van der Waals surface area contributed by atoms with Crippen molar-refractivity contribution in [2.24, 2.45) is 0 Å². The Balaban J connectivity index is 1.89. The second-order valence-corrected chi connectivity index (χ2v) is 6.66. The summed E-state index contributed by atoms with van der Waals surface area (Å²) in [4.78, 5) is 30.5. The Morgan fingerprint density at radius 1 is 0.810 bits per heavy atom. The van der Waals surface area contributed by atoms with Gasteiger partial charge >= 0.3 is 11.8 Å². The summed E-state index contributed by atoms with van der Waals surface area (Å²) in [5, 5.41) is 0. The molecular weight excluding hydrogens is 266 g/mol. The number of nitrogens with zero attached hydrogens (tertiary/aromatic N) is 3. The molecule has 0 spiro atoms. The van der Waals surface area contributed by atoms with Crippen molar-refractivity contribution in [1.29, 1.82) is 0 Å². The number of carbonyl (C=O) groups excluding carboxylic acids is 2. The van der Waals surface area contributed by atoms with Gasteiger partial charge in [-0.25, -0.2) is 0 Å². The molecule has 5 nitrogen and oxygen atoms in total. The van der Waals surface area contributed by atoms with Gasteiger partial charge in [0.2, 0.25) is 0 Å². The van der Waals surface area contributed by atoms with Gasteiger partial charge in [-0.1, -0.05) is 19.3 Å². The third-order valence-corrected chi connectivity index (χ3v) is 5.18. The molecule has 0 radical (unpaired) electrons. The first-order valence-corrected chi connectivity index (χ1v) is 8.23. The van der Waals surface area contributed by atoms with Crippen LogP contribution in [0.15, 0.2) is 0 Å². The molecule has 5 heteroatoms. The van der Waals surface area contributed by atoms with E-state index in [4.69, 9.17) is 0 Å². The number of hydrogen-bond donors (Lipinski definition) is 0. The standard InChI is InChI=1S/C16H29N3O2/c1-17-11-9-14(10-12-17)19(3)16(21)15(20)18(2)13-7-5-4-6-8-13/h13-14H,4-12H2,1-3H3. The second kappa shape index (κ2) is 7.25. The molecule has 0 aromatic carbocycles. The first-order valence-electron chi connectivity index (χ1n) is 8.23. The molecule has 1 aliphatic heterocycles. The smallest absolute Gasteiger partial charge is 0.312 e. The van der Waals surface area contributed by atoms with Crippen molar-refractivity contribution >= 4 is 11.8 Å². The van der Waals surface area contributed by atoms with E-state index in [1.165, 1.54) is 19.3 Å². The summed E-state index contributed by atoms with van der Waals surface area (Å²) in [6.07, 6.45) is 7.57. The minimum Gasteiger partial charge on any atom is -0.335 e. The van der Waals surface area contributed by atoms with E-state index >= 15 is 0 Å². The van der Waals surface area contributed by atoms with E-state index in [-0.39, 0.29) is 23.9 Å². The molecule has 2 amide bonds. The Morgan fingerprint density at radius 3 is 1.71 bits per heavy atom. The van der Waals surface area contributed by atoms with Crippen LogP contribution in [0, 0.1) is 0 Å². The number of likely N-dealkylation sites (tertiary alicyclic amines) is 1. The highest BCUT2D eigenvalue weighted by Gasteiger charge is 2.32. The monoisotopic (exact) mass is 295 g/mol. The summed E-state index contributed by atoms with van der Waals surface area (Å²) in [6.45, 7) is 1.99. The minimum atomic E-state index is -0.336. The van der Waals surface area contributed by atoms with Crippen molar-refractivity contribution in [3.8, 4) is 0 Å². The van der Waals surface area contributed by atoms with Crippen LogP contribution in [0.1, 0.15) is 44.9 Å². The predicted octanol–water partition coefficient (Wildman–Crippen LogP) is 1.33. The highest BCUT2D eigenvalue weighted by atomic mass is 16.2. The SMILES string of the molecule is CN1CCC(N(C)C(=O)C(=O)N(C)C2CCCCC2)CC1. The molecule has 1 aliphatic carbocycles. The molecular formula is C16H29N3O2. The largest absolute Gasteiger partial charge is 0.335 e. The Kier molecular flexibility index (Phi) is 5.62. The molecule has 2 aliphatic rings. The van der Waals surface area contributed by atoms with Crippen LogP contribution in [-0.4, -0.2) is 72.8 Å². The van der Waals surface area contributed by atoms with Gasteiger partial charge in [0.25, 0.3) is 0 Å². The van der Waals surface area contributed by atoms with E-state index in [0.717, 1.165) is 38.8 Å². The second-order valence-electron chi connectivity index (χ2n) is 6.66. The number of piperidine rings is 1. The summed E-state index contributed by atoms with van der Waals surface area (Å²) in [7, 11) is 5.67. The first kappa shape index (κ1) is 16.3. The van der Waals surface area contributed by atoms with Crippen LogP contribution in [0.2, 0.25) is 0 Å². The van der Waals surface area contributed by atoms with Gasteiger partial charge < -0.3 is 14.7 Å². The normalized spacial score (nSPS) is 22.0. The Hall–Kier alpha value is -1.10. The molecule has 0 N–H and O–H groups in total. The van der Waals surface area contributed by atoms with Crippen LogP contribution in [0.5, 0.6) is 0 Å². The lowest BCUT2D eigenvalue weighted by Gasteiger charge is -2.36. The molecule has 0 aromatic rings. The molecule has 2 fully saturated rings. The van der Waals surface area contributed by atoms with Gasteiger partial charge in [-0.3, -0.25) is 9.59 Å². The van der Waals surface area contributed by atoms with E-state index in [1.807, 2.05) is 0 Å². The molecule has 0 unspecified atom stereocenters. The van der Waals surface area contributed by atoms with E-state index in [2.05, 4.69) is 11.9 Å². The average Bonchev–Trinajstić information content (AvgIpc) is 2.53. The minimum absolute atomic E-state index is 0.206. The Morgan fingerprint density at radius 2 is 1.24 bits per heavy atom. The highest BCUT2D eigenvalue weighted by Crippen LogP contribution is 2.22. The van der Waals surface area contributed by atoms with Crippen LogP contribution in [0.3, 0.4) is 0 Å². The molecule has 21 heavy (non-hydrogen) atoms. The summed E-state index contributed by atoms with van der Waals surface area (Å²) < 4.78 is 0. The number of carbonyl (C=O) groups is 2. The lowest BCUT2D eigenvalue weighted by molar-refractivity contribution is -0.153. The van der Waals surface area contributed by atoms with Gasteiger partial charge in [0.1, 0.15) is 0 Å². The summed E-state index contributed by atoms with van der Waals surface area (Å²) in [5.74, 6) is -0.666. The van der Waals surface area contributed by atoms with E-state index in [1.54, 1.807) is 23.9 Å². The van der Waals surface area contributed by atoms with Crippen LogP contribution < -0.4 is 0 Å². The zero-order valence-electron chi connectivity index (χ0n) is 13.7. The van der Waals surface area contributed by atoms with E-state index in [0.29, 0.717) is 0 Å². The topological polar surface area (TPSA) is 43.9 Å². The van der Waals surface area contributed by atoms with E-state index < -0.39 is 0 Å². The van der Waals surface area contributed by atoms with Crippen molar-refractivity contribution in [3.05, 3.63) is 0 Å². The Bertz CT molecular complexity index is 372. The number of hydrogen-bond acceptors (Lipinski definition) is 3. The molecule has 1 heterocycles. The van der Waals surface area contributed by atoms with Gasteiger partial charge in [-0.15, -0.1) is 0 Å².